The predicted octanol–water partition coefficient (Wildman–Crippen LogP) is 8.47. The van der Waals surface area contributed by atoms with Crippen LogP contribution in [0.5, 0.6) is 0 Å². The molecule has 0 bridgehead atoms. The highest BCUT2D eigenvalue weighted by atomic mass is 79.9. The van der Waals surface area contributed by atoms with Crippen LogP contribution in [0.2, 0.25) is 20.1 Å². The van der Waals surface area contributed by atoms with Crippen molar-refractivity contribution in [1.82, 2.24) is 99.8 Å². The fourth-order valence-corrected chi connectivity index (χ4v) is 15.9. The number of rotatable bonds is 6. The molecule has 4 saturated heterocycles. The van der Waals surface area contributed by atoms with Crippen LogP contribution in [0.3, 0.4) is 0 Å². The van der Waals surface area contributed by atoms with Crippen LogP contribution in [0.15, 0.2) is 122 Å². The quantitative estimate of drug-likeness (QED) is 0.0745. The number of nitrogens with zero attached hydrogens (tertiary/aromatic N) is 14. The number of ether oxygens (including phenoxy) is 2. The summed E-state index contributed by atoms with van der Waals surface area (Å²) in [7, 11) is 0. The van der Waals surface area contributed by atoms with Crippen LogP contribution < -0.4 is 75.8 Å². The van der Waals surface area contributed by atoms with Crippen molar-refractivity contribution in [3.05, 3.63) is 187 Å². The molecule has 0 radical (unpaired) electrons. The van der Waals surface area contributed by atoms with Gasteiger partial charge in [-0.1, -0.05) is 46.4 Å². The zero-order chi connectivity index (χ0) is 78.7. The number of nitrogens with one attached hydrogen (secondary N) is 9. The number of hydrogen-bond acceptors (Lipinski definition) is 26. The Kier molecular flexibility index (Phi) is 27.9. The van der Waals surface area contributed by atoms with Gasteiger partial charge in [0.2, 0.25) is 0 Å². The summed E-state index contributed by atoms with van der Waals surface area (Å²) in [6.07, 6.45) is 16.6. The van der Waals surface area contributed by atoms with E-state index in [0.717, 1.165) is 44.5 Å². The number of nitrogens with two attached hydrogens (primary N) is 1. The normalized spacial score (nSPS) is 20.6. The molecule has 8 aliphatic heterocycles. The first-order valence-corrected chi connectivity index (χ1v) is 37.3. The lowest BCUT2D eigenvalue weighted by Crippen LogP contribution is -2.59. The SMILES string of the molecule is CC(C)(C)OC(=O)N1CCCC2(C1)NC(=O)c1c(Cl)cc(Nc3ccncn3)c(=O)n12.CC(C)(C)OC(=O)N1CCCC2(C1)NCc1c(Cl)cc(Br)c(=O)n12.Cl.Cl.Cl.Nc1ccncn1.O=C1NC2(CCCNC2)n2c1c(Cl)cc(Nc1ccncn1)c2=O.O=C1NC2(CCCNC2)n2c1c(Cl)cc(Nc1ccncn1)c2=O. The number of fused-ring (bicyclic) bond motifs is 8. The number of amides is 5. The highest BCUT2D eigenvalue weighted by Crippen LogP contribution is 2.39. The third-order valence-corrected chi connectivity index (χ3v) is 20.5. The van der Waals surface area contributed by atoms with Crippen LogP contribution >= 0.6 is 99.6 Å². The smallest absolute Gasteiger partial charge is 0.410 e. The molecule has 4 atom stereocenters. The van der Waals surface area contributed by atoms with Gasteiger partial charge in [0, 0.05) is 57.5 Å². The van der Waals surface area contributed by atoms with Crippen LogP contribution in [-0.4, -0.2) is 161 Å². The Labute approximate surface area is 693 Å². The second-order valence-corrected chi connectivity index (χ2v) is 31.3. The molecule has 16 heterocycles. The van der Waals surface area contributed by atoms with Crippen LogP contribution in [-0.2, 0) is 38.7 Å². The summed E-state index contributed by atoms with van der Waals surface area (Å²) in [5, 5.41) is 28.6. The van der Waals surface area contributed by atoms with E-state index in [-0.39, 0.29) is 128 Å². The molecule has 4 fully saturated rings. The van der Waals surface area contributed by atoms with Crippen LogP contribution in [0, 0.1) is 0 Å². The lowest BCUT2D eigenvalue weighted by atomic mass is 9.98. The van der Waals surface area contributed by atoms with Gasteiger partial charge in [-0.3, -0.25) is 57.1 Å². The summed E-state index contributed by atoms with van der Waals surface area (Å²) in [6, 6.07) is 12.5. The van der Waals surface area contributed by atoms with Gasteiger partial charge in [0.15, 0.2) is 0 Å². The summed E-state index contributed by atoms with van der Waals surface area (Å²) in [5.74, 6) is 0.771. The Morgan fingerprint density at radius 3 is 1.19 bits per heavy atom. The zero-order valence-electron chi connectivity index (χ0n) is 61.7. The summed E-state index contributed by atoms with van der Waals surface area (Å²) in [6.45, 7) is 15.6. The van der Waals surface area contributed by atoms with Gasteiger partial charge in [0.25, 0.3) is 40.0 Å². The number of pyridine rings is 4. The number of piperidine rings is 4. The summed E-state index contributed by atoms with van der Waals surface area (Å²) >= 11 is 28.6. The van der Waals surface area contributed by atoms with Gasteiger partial charge >= 0.3 is 12.2 Å². The maximum atomic E-state index is 13.4. The topological polar surface area (TPSA) is 436 Å². The standard InChI is InChI=1S/C20H23ClN6O4.C16H21BrClN3O3.2C15H15ClN6O2.C4H5N3.3ClH/c1-19(2,3)31-18(30)26-8-4-6-20(10-26)25-16(28)15-12(21)9-13(17(29)27(15)20)24-14-5-7-22-11-23-14;1-15(2,3)24-14(23)20-6-4-5-16(9-20)19-8-12-11(18)7-10(17)13(22)21(12)16;2*16-9-6-10(20-11-2-5-18-8-19-11)14(24)22-12(9)13(23)21-15(22)3-1-4-17-7-15;5-4-1-2-6-3-7-4;;;/h5,7,9,11H,4,6,8,10H2,1-3H3,(H,25,28)(H,22,23,24);7,19H,4-6,8-9H2,1-3H3;2*2,5-6,8,17H,1,3-4,7H2,(H,21,23)(H,18,19,20);1-3H,(H2,5,6,7);3*1H. The number of hydrogen-bond donors (Lipinski definition) is 10. The Morgan fingerprint density at radius 1 is 0.487 bits per heavy atom. The largest absolute Gasteiger partial charge is 0.444 e. The Balaban J connectivity index is 0.000000167. The first-order valence-electron chi connectivity index (χ1n) is 35.0. The molecule has 11 N–H and O–H groups in total. The van der Waals surface area contributed by atoms with Gasteiger partial charge in [-0.2, -0.15) is 0 Å². The molecule has 5 amide bonds. The second kappa shape index (κ2) is 36.0. The first kappa shape index (κ1) is 87.6. The molecule has 4 spiro atoms. The molecule has 4 unspecified atom stereocenters. The van der Waals surface area contributed by atoms with Gasteiger partial charge in [-0.15, -0.1) is 37.2 Å². The molecular weight excluding hydrogens is 1680 g/mol. The Hall–Kier alpha value is -9.34. The lowest BCUT2D eigenvalue weighted by Gasteiger charge is -2.41. The third kappa shape index (κ3) is 19.1. The second-order valence-electron chi connectivity index (χ2n) is 28.8. The van der Waals surface area contributed by atoms with Crippen molar-refractivity contribution in [3.63, 3.8) is 0 Å². The minimum atomic E-state index is -1.11. The van der Waals surface area contributed by atoms with Crippen molar-refractivity contribution >= 4 is 170 Å². The molecule has 8 aliphatic rings. The molecule has 35 nitrogen and oxygen atoms in total. The molecular formula is C70H82BrCl7N24O11. The van der Waals surface area contributed by atoms with Gasteiger partial charge < -0.3 is 67.5 Å². The van der Waals surface area contributed by atoms with E-state index in [1.165, 1.54) is 68.3 Å². The monoisotopic (exact) mass is 1760 g/mol. The molecule has 43 heteroatoms. The van der Waals surface area contributed by atoms with Crippen molar-refractivity contribution in [2.24, 2.45) is 0 Å². The molecule has 8 aromatic rings. The van der Waals surface area contributed by atoms with E-state index in [1.807, 2.05) is 20.8 Å². The van der Waals surface area contributed by atoms with Crippen molar-refractivity contribution in [2.45, 2.75) is 133 Å². The van der Waals surface area contributed by atoms with Gasteiger partial charge in [0.05, 0.1) is 43.3 Å². The van der Waals surface area contributed by atoms with E-state index in [0.29, 0.717) is 97.7 Å². The molecule has 8 aromatic heterocycles. The number of aromatic nitrogens is 12. The van der Waals surface area contributed by atoms with Crippen LogP contribution in [0.4, 0.5) is 49.9 Å². The molecule has 16 rings (SSSR count). The molecule has 0 saturated carbocycles. The fraction of sp³-hybridized carbons (Fsp3) is 0.414. The van der Waals surface area contributed by atoms with E-state index in [4.69, 9.17) is 61.6 Å². The van der Waals surface area contributed by atoms with Gasteiger partial charge in [-0.25, -0.2) is 49.5 Å². The Bertz CT molecular complexity index is 4950. The van der Waals surface area contributed by atoms with E-state index in [2.05, 4.69) is 104 Å². The molecule has 0 aliphatic carbocycles. The van der Waals surface area contributed by atoms with Gasteiger partial charge in [-0.05, 0) is 170 Å². The maximum Gasteiger partial charge on any atom is 0.410 e. The maximum absolute atomic E-state index is 13.4. The Morgan fingerprint density at radius 2 is 0.850 bits per heavy atom. The minimum absolute atomic E-state index is 0. The number of carbonyl (C=O) groups is 5. The fourth-order valence-electron chi connectivity index (χ4n) is 14.2. The van der Waals surface area contributed by atoms with Crippen molar-refractivity contribution < 1.29 is 33.4 Å². The van der Waals surface area contributed by atoms with Gasteiger partial charge in [0.1, 0.15) is 117 Å². The average Bonchev–Trinajstić information content (AvgIpc) is 1.63. The highest BCUT2D eigenvalue weighted by molar-refractivity contribution is 9.10. The predicted molar refractivity (Wildman–Crippen MR) is 434 cm³/mol. The van der Waals surface area contributed by atoms with Crippen LogP contribution in [0.1, 0.15) is 130 Å². The zero-order valence-corrected chi connectivity index (χ0v) is 68.8. The van der Waals surface area contributed by atoms with Crippen molar-refractivity contribution in [1.29, 1.82) is 0 Å². The van der Waals surface area contributed by atoms with Crippen molar-refractivity contribution in [2.75, 3.05) is 74.0 Å². The van der Waals surface area contributed by atoms with Crippen molar-refractivity contribution in [3.8, 4) is 0 Å². The summed E-state index contributed by atoms with van der Waals surface area (Å²) in [4.78, 5) is 149. The summed E-state index contributed by atoms with van der Waals surface area (Å²) in [5.41, 5.74) is 1.48. The average molecular weight is 1760 g/mol. The number of carbonyl (C=O) groups excluding carboxylic acids is 5. The number of anilines is 7. The number of halogens is 8. The first-order chi connectivity index (χ1) is 52.3. The van der Waals surface area contributed by atoms with E-state index in [9.17, 15) is 43.2 Å². The minimum Gasteiger partial charge on any atom is -0.444 e. The highest BCUT2D eigenvalue weighted by Gasteiger charge is 2.51. The lowest BCUT2D eigenvalue weighted by molar-refractivity contribution is 0.00226. The molecule has 0 aromatic carbocycles. The number of likely N-dealkylation sites (tertiary alicyclic amines) is 2. The number of nitrogen functional groups attached to an aromatic ring is 1. The van der Waals surface area contributed by atoms with Crippen LogP contribution in [0.25, 0.3) is 0 Å². The third-order valence-electron chi connectivity index (χ3n) is 18.8. The summed E-state index contributed by atoms with van der Waals surface area (Å²) < 4.78 is 17.4. The van der Waals surface area contributed by atoms with E-state index < -0.39 is 51.4 Å². The molecule has 113 heavy (non-hydrogen) atoms. The molecule has 604 valence electrons. The van der Waals surface area contributed by atoms with E-state index >= 15 is 0 Å². The van der Waals surface area contributed by atoms with E-state index in [1.54, 1.807) is 79.2 Å².